The van der Waals surface area contributed by atoms with Crippen molar-refractivity contribution in [2.75, 3.05) is 0 Å². The van der Waals surface area contributed by atoms with E-state index in [2.05, 4.69) is 26.0 Å². The van der Waals surface area contributed by atoms with E-state index in [0.717, 1.165) is 21.6 Å². The first kappa shape index (κ1) is 11.6. The van der Waals surface area contributed by atoms with Gasteiger partial charge in [-0.15, -0.1) is 0 Å². The van der Waals surface area contributed by atoms with Crippen LogP contribution in [0.4, 0.5) is 0 Å². The second kappa shape index (κ2) is 4.55. The summed E-state index contributed by atoms with van der Waals surface area (Å²) in [6.07, 6.45) is 1.71. The van der Waals surface area contributed by atoms with Crippen LogP contribution in [0.15, 0.2) is 22.8 Å². The molecule has 84 valence electrons. The van der Waals surface area contributed by atoms with Crippen LogP contribution >= 0.6 is 27.5 Å². The Labute approximate surface area is 108 Å². The van der Waals surface area contributed by atoms with Gasteiger partial charge in [-0.3, -0.25) is 9.67 Å². The second-order valence-corrected chi connectivity index (χ2v) is 4.84. The standard InChI is InChI=1S/C11H11BrClN3/c1-7-11(12)8(2)16(15-7)6-10-5-9(13)3-4-14-10/h3-5H,6H2,1-2H3. The van der Waals surface area contributed by atoms with Crippen molar-refractivity contribution in [3.05, 3.63) is 44.9 Å². The van der Waals surface area contributed by atoms with Crippen molar-refractivity contribution < 1.29 is 0 Å². The molecule has 2 rings (SSSR count). The molecule has 0 saturated carbocycles. The third-order valence-electron chi connectivity index (χ3n) is 2.38. The van der Waals surface area contributed by atoms with Crippen molar-refractivity contribution >= 4 is 27.5 Å². The van der Waals surface area contributed by atoms with Gasteiger partial charge in [0.05, 0.1) is 28.1 Å². The van der Waals surface area contributed by atoms with Crippen LogP contribution in [-0.2, 0) is 6.54 Å². The fourth-order valence-corrected chi connectivity index (χ4v) is 1.98. The Bertz CT molecular complexity index is 522. The summed E-state index contributed by atoms with van der Waals surface area (Å²) in [4.78, 5) is 4.25. The molecule has 0 saturated heterocycles. The van der Waals surface area contributed by atoms with Crippen LogP contribution in [0.5, 0.6) is 0 Å². The molecule has 0 radical (unpaired) electrons. The van der Waals surface area contributed by atoms with E-state index in [4.69, 9.17) is 11.6 Å². The average molecular weight is 301 g/mol. The molecular formula is C11H11BrClN3. The van der Waals surface area contributed by atoms with E-state index in [0.29, 0.717) is 11.6 Å². The maximum atomic E-state index is 5.91. The molecule has 5 heteroatoms. The van der Waals surface area contributed by atoms with Gasteiger partial charge < -0.3 is 0 Å². The molecule has 0 spiro atoms. The lowest BCUT2D eigenvalue weighted by atomic mass is 10.3. The monoisotopic (exact) mass is 299 g/mol. The molecule has 0 aliphatic carbocycles. The van der Waals surface area contributed by atoms with Crippen LogP contribution in [0.2, 0.25) is 5.02 Å². The zero-order chi connectivity index (χ0) is 11.7. The van der Waals surface area contributed by atoms with Crippen LogP contribution in [0, 0.1) is 13.8 Å². The number of aryl methyl sites for hydroxylation is 1. The Morgan fingerprint density at radius 1 is 1.44 bits per heavy atom. The van der Waals surface area contributed by atoms with Gasteiger partial charge in [-0.1, -0.05) is 11.6 Å². The largest absolute Gasteiger partial charge is 0.262 e. The van der Waals surface area contributed by atoms with E-state index < -0.39 is 0 Å². The van der Waals surface area contributed by atoms with Gasteiger partial charge in [-0.05, 0) is 41.9 Å². The molecule has 0 aliphatic heterocycles. The van der Waals surface area contributed by atoms with Gasteiger partial charge in [-0.2, -0.15) is 5.10 Å². The van der Waals surface area contributed by atoms with Crippen LogP contribution < -0.4 is 0 Å². The Morgan fingerprint density at radius 2 is 2.19 bits per heavy atom. The molecule has 0 amide bonds. The number of hydrogen-bond donors (Lipinski definition) is 0. The molecule has 0 aliphatic rings. The molecule has 2 aromatic rings. The molecule has 2 aromatic heterocycles. The lowest BCUT2D eigenvalue weighted by Gasteiger charge is -2.04. The number of pyridine rings is 1. The van der Waals surface area contributed by atoms with Gasteiger partial charge in [0.1, 0.15) is 0 Å². The van der Waals surface area contributed by atoms with Gasteiger partial charge in [0.15, 0.2) is 0 Å². The maximum absolute atomic E-state index is 5.91. The molecule has 2 heterocycles. The highest BCUT2D eigenvalue weighted by molar-refractivity contribution is 9.10. The van der Waals surface area contributed by atoms with E-state index in [1.165, 1.54) is 0 Å². The molecule has 0 N–H and O–H groups in total. The number of nitrogens with zero attached hydrogens (tertiary/aromatic N) is 3. The molecule has 0 unspecified atom stereocenters. The van der Waals surface area contributed by atoms with Crippen LogP contribution in [-0.4, -0.2) is 14.8 Å². The molecule has 16 heavy (non-hydrogen) atoms. The Hall–Kier alpha value is -0.870. The molecule has 3 nitrogen and oxygen atoms in total. The lowest BCUT2D eigenvalue weighted by Crippen LogP contribution is -2.05. The fraction of sp³-hybridized carbons (Fsp3) is 0.273. The third kappa shape index (κ3) is 2.28. The van der Waals surface area contributed by atoms with E-state index in [1.54, 1.807) is 12.3 Å². The first-order chi connectivity index (χ1) is 7.58. The topological polar surface area (TPSA) is 30.7 Å². The quantitative estimate of drug-likeness (QED) is 0.851. The zero-order valence-corrected chi connectivity index (χ0v) is 11.4. The number of hydrogen-bond acceptors (Lipinski definition) is 2. The summed E-state index contributed by atoms with van der Waals surface area (Å²) in [6.45, 7) is 4.63. The van der Waals surface area contributed by atoms with Crippen molar-refractivity contribution in [3.63, 3.8) is 0 Å². The van der Waals surface area contributed by atoms with Crippen LogP contribution in [0.1, 0.15) is 17.1 Å². The van der Waals surface area contributed by atoms with Crippen molar-refractivity contribution in [3.8, 4) is 0 Å². The van der Waals surface area contributed by atoms with Crippen molar-refractivity contribution in [1.82, 2.24) is 14.8 Å². The van der Waals surface area contributed by atoms with Crippen molar-refractivity contribution in [2.24, 2.45) is 0 Å². The Morgan fingerprint density at radius 3 is 2.75 bits per heavy atom. The first-order valence-corrected chi connectivity index (χ1v) is 6.05. The van der Waals surface area contributed by atoms with E-state index in [1.807, 2.05) is 24.6 Å². The lowest BCUT2D eigenvalue weighted by molar-refractivity contribution is 0.646. The minimum absolute atomic E-state index is 0.638. The summed E-state index contributed by atoms with van der Waals surface area (Å²) in [5, 5.41) is 5.12. The number of rotatable bonds is 2. The van der Waals surface area contributed by atoms with Gasteiger partial charge in [0, 0.05) is 11.2 Å². The molecule has 0 aromatic carbocycles. The molecular weight excluding hydrogens is 289 g/mol. The van der Waals surface area contributed by atoms with Crippen molar-refractivity contribution in [1.29, 1.82) is 0 Å². The van der Waals surface area contributed by atoms with Crippen LogP contribution in [0.3, 0.4) is 0 Å². The third-order valence-corrected chi connectivity index (χ3v) is 3.77. The normalized spacial score (nSPS) is 10.8. The zero-order valence-electron chi connectivity index (χ0n) is 9.04. The highest BCUT2D eigenvalue weighted by Crippen LogP contribution is 2.20. The van der Waals surface area contributed by atoms with E-state index in [9.17, 15) is 0 Å². The highest BCUT2D eigenvalue weighted by atomic mass is 79.9. The van der Waals surface area contributed by atoms with Gasteiger partial charge in [0.2, 0.25) is 0 Å². The SMILES string of the molecule is Cc1nn(Cc2cc(Cl)ccn2)c(C)c1Br. The number of halogens is 2. The average Bonchev–Trinajstić information content (AvgIpc) is 2.47. The number of aromatic nitrogens is 3. The van der Waals surface area contributed by atoms with Crippen molar-refractivity contribution in [2.45, 2.75) is 20.4 Å². The smallest absolute Gasteiger partial charge is 0.0835 e. The first-order valence-electron chi connectivity index (χ1n) is 4.88. The predicted octanol–water partition coefficient (Wildman–Crippen LogP) is 3.36. The van der Waals surface area contributed by atoms with Gasteiger partial charge in [0.25, 0.3) is 0 Å². The minimum Gasteiger partial charge on any atom is -0.262 e. The molecule has 0 atom stereocenters. The summed E-state index contributed by atoms with van der Waals surface area (Å²) in [7, 11) is 0. The van der Waals surface area contributed by atoms with E-state index >= 15 is 0 Å². The molecule has 0 bridgehead atoms. The predicted molar refractivity (Wildman–Crippen MR) is 67.8 cm³/mol. The minimum atomic E-state index is 0.638. The van der Waals surface area contributed by atoms with Crippen LogP contribution in [0.25, 0.3) is 0 Å². The fourth-order valence-electron chi connectivity index (χ4n) is 1.52. The maximum Gasteiger partial charge on any atom is 0.0835 e. The van der Waals surface area contributed by atoms with E-state index in [-0.39, 0.29) is 0 Å². The molecule has 0 fully saturated rings. The van der Waals surface area contributed by atoms with Gasteiger partial charge in [-0.25, -0.2) is 0 Å². The summed E-state index contributed by atoms with van der Waals surface area (Å²) >= 11 is 9.41. The Kier molecular flexibility index (Phi) is 3.30. The summed E-state index contributed by atoms with van der Waals surface area (Å²) in [5.74, 6) is 0. The second-order valence-electron chi connectivity index (χ2n) is 3.61. The van der Waals surface area contributed by atoms with Gasteiger partial charge >= 0.3 is 0 Å². The summed E-state index contributed by atoms with van der Waals surface area (Å²) in [6, 6.07) is 3.62. The highest BCUT2D eigenvalue weighted by Gasteiger charge is 2.09. The summed E-state index contributed by atoms with van der Waals surface area (Å²) < 4.78 is 2.97. The summed E-state index contributed by atoms with van der Waals surface area (Å²) in [5.41, 5.74) is 2.99. The Balaban J connectivity index is 2.30.